The van der Waals surface area contributed by atoms with Gasteiger partial charge in [0.25, 0.3) is 5.91 Å². The number of aliphatic carboxylic acids is 1. The molecule has 20 heavy (non-hydrogen) atoms. The van der Waals surface area contributed by atoms with E-state index in [9.17, 15) is 14.7 Å². The van der Waals surface area contributed by atoms with E-state index >= 15 is 0 Å². The highest BCUT2D eigenvalue weighted by atomic mass is 16.4. The van der Waals surface area contributed by atoms with Crippen molar-refractivity contribution in [3.63, 3.8) is 0 Å². The fraction of sp³-hybridized carbons (Fsp3) is 0.333. The lowest BCUT2D eigenvalue weighted by molar-refractivity contribution is -0.147. The summed E-state index contributed by atoms with van der Waals surface area (Å²) in [6.07, 6.45) is 1.76. The van der Waals surface area contributed by atoms with Crippen LogP contribution in [-0.2, 0) is 4.79 Å². The maximum Gasteiger partial charge on any atom is 0.329 e. The van der Waals surface area contributed by atoms with Gasteiger partial charge in [0.1, 0.15) is 5.54 Å². The number of carbonyl (C=O) groups is 2. The van der Waals surface area contributed by atoms with Crippen LogP contribution in [0.2, 0.25) is 0 Å². The number of fused-ring (bicyclic) bond motifs is 1. The Bertz CT molecular complexity index is 658. The van der Waals surface area contributed by atoms with Gasteiger partial charge in [-0.1, -0.05) is 6.07 Å². The third-order valence-electron chi connectivity index (χ3n) is 3.58. The van der Waals surface area contributed by atoms with Crippen molar-refractivity contribution in [2.24, 2.45) is 0 Å². The number of carboxylic acid groups (broad SMARTS) is 1. The maximum absolute atomic E-state index is 12.7. The zero-order chi connectivity index (χ0) is 14.9. The van der Waals surface area contributed by atoms with Gasteiger partial charge >= 0.3 is 5.97 Å². The molecule has 0 aliphatic rings. The molecule has 106 valence electrons. The van der Waals surface area contributed by atoms with Crippen LogP contribution in [0, 0.1) is 0 Å². The van der Waals surface area contributed by atoms with E-state index in [1.165, 1.54) is 18.7 Å². The van der Waals surface area contributed by atoms with Crippen LogP contribution >= 0.6 is 0 Å². The monoisotopic (exact) mass is 274 g/mol. The van der Waals surface area contributed by atoms with E-state index in [0.29, 0.717) is 12.1 Å². The molecule has 2 N–H and O–H groups in total. The van der Waals surface area contributed by atoms with Crippen molar-refractivity contribution in [1.82, 2.24) is 9.88 Å². The average molecular weight is 274 g/mol. The number of carboxylic acids is 1. The highest BCUT2D eigenvalue weighted by Crippen LogP contribution is 2.23. The van der Waals surface area contributed by atoms with Gasteiger partial charge in [0.05, 0.1) is 0 Å². The standard InChI is InChI=1S/C15H18N2O3/c1-4-17(15(2,3)14(19)20)13(18)11-6-5-7-12-10(11)8-9-16-12/h5-9,16H,4H2,1-3H3,(H,19,20). The first-order chi connectivity index (χ1) is 9.39. The first kappa shape index (κ1) is 14.1. The molecule has 0 aliphatic heterocycles. The predicted molar refractivity (Wildman–Crippen MR) is 76.7 cm³/mol. The van der Waals surface area contributed by atoms with Crippen LogP contribution in [0.25, 0.3) is 10.9 Å². The number of hydrogen-bond acceptors (Lipinski definition) is 2. The second kappa shape index (κ2) is 5.00. The largest absolute Gasteiger partial charge is 0.480 e. The number of hydrogen-bond donors (Lipinski definition) is 2. The smallest absolute Gasteiger partial charge is 0.329 e. The first-order valence-corrected chi connectivity index (χ1v) is 6.51. The molecular weight excluding hydrogens is 256 g/mol. The van der Waals surface area contributed by atoms with Crippen LogP contribution in [0.4, 0.5) is 0 Å². The average Bonchev–Trinajstić information content (AvgIpc) is 2.86. The second-order valence-electron chi connectivity index (χ2n) is 5.16. The number of H-pyrrole nitrogens is 1. The van der Waals surface area contributed by atoms with Gasteiger partial charge in [0, 0.05) is 29.2 Å². The van der Waals surface area contributed by atoms with Crippen molar-refractivity contribution < 1.29 is 14.7 Å². The van der Waals surface area contributed by atoms with Crippen molar-refractivity contribution in [2.45, 2.75) is 26.3 Å². The van der Waals surface area contributed by atoms with Gasteiger partial charge < -0.3 is 15.0 Å². The lowest BCUT2D eigenvalue weighted by Crippen LogP contribution is -2.52. The number of nitrogens with zero attached hydrogens (tertiary/aromatic N) is 1. The Balaban J connectivity index is 2.49. The molecule has 0 saturated carbocycles. The van der Waals surface area contributed by atoms with Crippen LogP contribution in [0.5, 0.6) is 0 Å². The van der Waals surface area contributed by atoms with Crippen molar-refractivity contribution in [2.75, 3.05) is 6.54 Å². The van der Waals surface area contributed by atoms with E-state index in [0.717, 1.165) is 10.9 Å². The molecule has 0 radical (unpaired) electrons. The number of likely N-dealkylation sites (N-methyl/N-ethyl adjacent to an activating group) is 1. The Kier molecular flexibility index (Phi) is 3.53. The molecule has 0 fully saturated rings. The van der Waals surface area contributed by atoms with Crippen LogP contribution in [-0.4, -0.2) is 39.0 Å². The minimum absolute atomic E-state index is 0.273. The predicted octanol–water partition coefficient (Wildman–Crippen LogP) is 2.49. The first-order valence-electron chi connectivity index (χ1n) is 6.51. The zero-order valence-electron chi connectivity index (χ0n) is 11.8. The topological polar surface area (TPSA) is 73.4 Å². The van der Waals surface area contributed by atoms with E-state index in [4.69, 9.17) is 0 Å². The fourth-order valence-corrected chi connectivity index (χ4v) is 2.33. The van der Waals surface area contributed by atoms with Gasteiger partial charge in [-0.25, -0.2) is 4.79 Å². The van der Waals surface area contributed by atoms with Gasteiger partial charge in [-0.2, -0.15) is 0 Å². The maximum atomic E-state index is 12.7. The fourth-order valence-electron chi connectivity index (χ4n) is 2.33. The molecule has 0 aliphatic carbocycles. The molecule has 2 rings (SSSR count). The van der Waals surface area contributed by atoms with Crippen LogP contribution in [0.1, 0.15) is 31.1 Å². The number of amides is 1. The molecule has 5 heteroatoms. The summed E-state index contributed by atoms with van der Waals surface area (Å²) in [5.74, 6) is -1.29. The highest BCUT2D eigenvalue weighted by molar-refractivity contribution is 6.07. The second-order valence-corrected chi connectivity index (χ2v) is 5.16. The summed E-state index contributed by atoms with van der Waals surface area (Å²) in [6, 6.07) is 7.21. The van der Waals surface area contributed by atoms with Gasteiger partial charge in [0.2, 0.25) is 0 Å². The number of nitrogens with one attached hydrogen (secondary N) is 1. The summed E-state index contributed by atoms with van der Waals surface area (Å²) in [6.45, 7) is 5.18. The molecule has 0 atom stereocenters. The van der Waals surface area contributed by atoms with Gasteiger partial charge in [-0.05, 0) is 39.0 Å². The van der Waals surface area contributed by atoms with Gasteiger partial charge in [-0.15, -0.1) is 0 Å². The molecule has 0 saturated heterocycles. The lowest BCUT2D eigenvalue weighted by Gasteiger charge is -2.34. The van der Waals surface area contributed by atoms with Crippen molar-refractivity contribution in [3.05, 3.63) is 36.0 Å². The van der Waals surface area contributed by atoms with Gasteiger partial charge in [0.15, 0.2) is 0 Å². The highest BCUT2D eigenvalue weighted by Gasteiger charge is 2.37. The molecule has 1 heterocycles. The molecule has 2 aromatic rings. The number of rotatable bonds is 4. The summed E-state index contributed by atoms with van der Waals surface area (Å²) in [4.78, 5) is 28.5. The zero-order valence-corrected chi connectivity index (χ0v) is 11.8. The van der Waals surface area contributed by atoms with Gasteiger partial charge in [-0.3, -0.25) is 4.79 Å². The molecule has 1 aromatic carbocycles. The molecule has 1 amide bonds. The van der Waals surface area contributed by atoms with Crippen LogP contribution in [0.3, 0.4) is 0 Å². The quantitative estimate of drug-likeness (QED) is 0.899. The molecule has 5 nitrogen and oxygen atoms in total. The van der Waals surface area contributed by atoms with Crippen molar-refractivity contribution >= 4 is 22.8 Å². The molecule has 0 unspecified atom stereocenters. The van der Waals surface area contributed by atoms with Crippen molar-refractivity contribution in [1.29, 1.82) is 0 Å². The molecule has 1 aromatic heterocycles. The van der Waals surface area contributed by atoms with Crippen LogP contribution < -0.4 is 0 Å². The summed E-state index contributed by atoms with van der Waals surface area (Å²) in [5, 5.41) is 10.1. The third kappa shape index (κ3) is 2.15. The van der Waals surface area contributed by atoms with Crippen molar-refractivity contribution in [3.8, 4) is 0 Å². The number of benzene rings is 1. The number of carbonyl (C=O) groups excluding carboxylic acids is 1. The lowest BCUT2D eigenvalue weighted by atomic mass is 10.0. The Labute approximate surface area is 117 Å². The summed E-state index contributed by atoms with van der Waals surface area (Å²) in [7, 11) is 0. The Morgan fingerprint density at radius 1 is 1.30 bits per heavy atom. The Morgan fingerprint density at radius 2 is 2.00 bits per heavy atom. The van der Waals surface area contributed by atoms with Crippen LogP contribution in [0.15, 0.2) is 30.5 Å². The van der Waals surface area contributed by atoms with E-state index < -0.39 is 11.5 Å². The van der Waals surface area contributed by atoms with E-state index in [2.05, 4.69) is 4.98 Å². The Hall–Kier alpha value is -2.30. The molecule has 0 bridgehead atoms. The SMILES string of the molecule is CCN(C(=O)c1cccc2[nH]ccc12)C(C)(C)C(=O)O. The molecule has 0 spiro atoms. The minimum atomic E-state index is -1.25. The summed E-state index contributed by atoms with van der Waals surface area (Å²) >= 11 is 0. The minimum Gasteiger partial charge on any atom is -0.480 e. The summed E-state index contributed by atoms with van der Waals surface area (Å²) < 4.78 is 0. The normalized spacial score (nSPS) is 11.6. The van der Waals surface area contributed by atoms with E-state index in [-0.39, 0.29) is 5.91 Å². The number of aromatic nitrogens is 1. The van der Waals surface area contributed by atoms with E-state index in [1.54, 1.807) is 25.3 Å². The number of aromatic amines is 1. The third-order valence-corrected chi connectivity index (χ3v) is 3.58. The summed E-state index contributed by atoms with van der Waals surface area (Å²) in [5.41, 5.74) is 0.129. The van der Waals surface area contributed by atoms with E-state index in [1.807, 2.05) is 12.1 Å². The molecular formula is C15H18N2O3. The Morgan fingerprint density at radius 3 is 2.60 bits per heavy atom.